The number of rotatable bonds is 9. The summed E-state index contributed by atoms with van der Waals surface area (Å²) < 4.78 is 5.19. The third kappa shape index (κ3) is 6.80. The Balaban J connectivity index is 3.85. The highest BCUT2D eigenvalue weighted by atomic mass is 16.5. The largest absolute Gasteiger partial charge is 0.448 e. The van der Waals surface area contributed by atoms with Crippen molar-refractivity contribution in [3.8, 4) is 0 Å². The molecule has 0 aliphatic rings. The van der Waals surface area contributed by atoms with Crippen molar-refractivity contribution in [2.45, 2.75) is 52.5 Å². The highest BCUT2D eigenvalue weighted by Crippen LogP contribution is 1.99. The van der Waals surface area contributed by atoms with Gasteiger partial charge in [0.05, 0.1) is 0 Å². The van der Waals surface area contributed by atoms with Gasteiger partial charge in [-0.05, 0) is 19.3 Å². The molecule has 0 amide bonds. The summed E-state index contributed by atoms with van der Waals surface area (Å²) >= 11 is 0. The van der Waals surface area contributed by atoms with Crippen LogP contribution in [0.15, 0.2) is 0 Å². The molecule has 2 N–H and O–H groups in total. The van der Waals surface area contributed by atoms with Crippen LogP contribution in [0.1, 0.15) is 46.5 Å². The van der Waals surface area contributed by atoms with E-state index in [4.69, 9.17) is 10.5 Å². The lowest BCUT2D eigenvalue weighted by Crippen LogP contribution is -2.36. The van der Waals surface area contributed by atoms with E-state index in [0.717, 1.165) is 32.4 Å². The zero-order chi connectivity index (χ0) is 12.4. The van der Waals surface area contributed by atoms with Crippen molar-refractivity contribution in [3.63, 3.8) is 0 Å². The fourth-order valence-corrected chi connectivity index (χ4v) is 1.56. The lowest BCUT2D eigenvalue weighted by molar-refractivity contribution is -0.150. The van der Waals surface area contributed by atoms with Gasteiger partial charge in [-0.15, -0.1) is 0 Å². The summed E-state index contributed by atoms with van der Waals surface area (Å²) in [6.07, 6.45) is 3.74. The minimum absolute atomic E-state index is 0.279. The van der Waals surface area contributed by atoms with Gasteiger partial charge in [0, 0.05) is 13.1 Å². The second kappa shape index (κ2) is 9.60. The monoisotopic (exact) mass is 230 g/mol. The van der Waals surface area contributed by atoms with Gasteiger partial charge < -0.3 is 10.5 Å². The molecule has 0 aliphatic carbocycles. The van der Waals surface area contributed by atoms with Crippen molar-refractivity contribution in [2.75, 3.05) is 19.8 Å². The van der Waals surface area contributed by atoms with Gasteiger partial charge in [-0.25, -0.2) is 0 Å². The smallest absolute Gasteiger partial charge is 0.324 e. The quantitative estimate of drug-likeness (QED) is 0.484. The summed E-state index contributed by atoms with van der Waals surface area (Å²) in [7, 11) is 0. The molecule has 0 saturated carbocycles. The maximum absolute atomic E-state index is 11.5. The number of carbonyl (C=O) groups is 1. The number of nitrogens with two attached hydrogens (primary N) is 1. The van der Waals surface area contributed by atoms with Crippen LogP contribution in [0.2, 0.25) is 0 Å². The Hall–Kier alpha value is -0.610. The fourth-order valence-electron chi connectivity index (χ4n) is 1.56. The Morgan fingerprint density at radius 3 is 2.19 bits per heavy atom. The fraction of sp³-hybridized carbons (Fsp3) is 0.917. The van der Waals surface area contributed by atoms with E-state index in [1.54, 1.807) is 0 Å². The summed E-state index contributed by atoms with van der Waals surface area (Å²) in [5.41, 5.74) is 5.67. The molecule has 0 aliphatic heterocycles. The number of nitrogens with zero attached hydrogens (tertiary/aromatic N) is 1. The molecular weight excluding hydrogens is 204 g/mol. The number of carbonyl (C=O) groups excluding carboxylic acids is 1. The molecule has 4 heteroatoms. The molecular formula is C12H26N2O2. The Labute approximate surface area is 99.1 Å². The molecule has 0 saturated heterocycles. The Bertz CT molecular complexity index is 180. The van der Waals surface area contributed by atoms with Gasteiger partial charge in [-0.2, -0.15) is 0 Å². The highest BCUT2D eigenvalue weighted by Gasteiger charge is 2.14. The first-order chi connectivity index (χ1) is 7.65. The van der Waals surface area contributed by atoms with Gasteiger partial charge in [-0.3, -0.25) is 9.69 Å². The lowest BCUT2D eigenvalue weighted by Gasteiger charge is -2.21. The van der Waals surface area contributed by atoms with Crippen molar-refractivity contribution in [1.82, 2.24) is 4.90 Å². The molecule has 0 aromatic heterocycles. The van der Waals surface area contributed by atoms with Crippen LogP contribution in [0, 0.1) is 0 Å². The van der Waals surface area contributed by atoms with E-state index in [0.29, 0.717) is 13.2 Å². The first-order valence-corrected chi connectivity index (χ1v) is 6.30. The average molecular weight is 230 g/mol. The topological polar surface area (TPSA) is 55.6 Å². The van der Waals surface area contributed by atoms with Crippen molar-refractivity contribution in [2.24, 2.45) is 5.73 Å². The van der Waals surface area contributed by atoms with Crippen LogP contribution in [-0.2, 0) is 9.53 Å². The summed E-state index contributed by atoms with van der Waals surface area (Å²) in [6.45, 7) is 8.54. The molecule has 0 radical (unpaired) electrons. The summed E-state index contributed by atoms with van der Waals surface area (Å²) in [5, 5.41) is 0. The molecule has 1 atom stereocenters. The molecule has 0 heterocycles. The molecule has 4 nitrogen and oxygen atoms in total. The van der Waals surface area contributed by atoms with Crippen LogP contribution in [0.5, 0.6) is 0 Å². The van der Waals surface area contributed by atoms with E-state index in [1.165, 1.54) is 0 Å². The van der Waals surface area contributed by atoms with Gasteiger partial charge in [0.25, 0.3) is 0 Å². The number of hydrogen-bond donors (Lipinski definition) is 1. The Morgan fingerprint density at radius 2 is 1.75 bits per heavy atom. The lowest BCUT2D eigenvalue weighted by atomic mass is 10.2. The second-order valence-electron chi connectivity index (χ2n) is 4.11. The Morgan fingerprint density at radius 1 is 1.19 bits per heavy atom. The zero-order valence-corrected chi connectivity index (χ0v) is 10.9. The molecule has 0 rings (SSSR count). The molecule has 0 spiro atoms. The van der Waals surface area contributed by atoms with Crippen LogP contribution >= 0.6 is 0 Å². The van der Waals surface area contributed by atoms with E-state index < -0.39 is 6.04 Å². The van der Waals surface area contributed by atoms with Gasteiger partial charge >= 0.3 is 5.97 Å². The van der Waals surface area contributed by atoms with Crippen LogP contribution in [0.25, 0.3) is 0 Å². The minimum Gasteiger partial charge on any atom is -0.448 e. The maximum Gasteiger partial charge on any atom is 0.324 e. The van der Waals surface area contributed by atoms with E-state index in [-0.39, 0.29) is 5.97 Å². The van der Waals surface area contributed by atoms with E-state index in [2.05, 4.69) is 18.7 Å². The maximum atomic E-state index is 11.5. The minimum atomic E-state index is -0.463. The normalized spacial score (nSPS) is 12.8. The highest BCUT2D eigenvalue weighted by molar-refractivity contribution is 5.75. The number of ether oxygens (including phenoxy) is 1. The summed E-state index contributed by atoms with van der Waals surface area (Å²) in [6, 6.07) is -0.463. The number of hydrogen-bond acceptors (Lipinski definition) is 4. The zero-order valence-electron chi connectivity index (χ0n) is 10.9. The van der Waals surface area contributed by atoms with Gasteiger partial charge in [0.2, 0.25) is 0 Å². The summed E-state index contributed by atoms with van der Waals surface area (Å²) in [5.74, 6) is -0.279. The van der Waals surface area contributed by atoms with Crippen molar-refractivity contribution in [1.29, 1.82) is 0 Å². The van der Waals surface area contributed by atoms with E-state index >= 15 is 0 Å². The Kier molecular flexibility index (Phi) is 9.24. The average Bonchev–Trinajstić information content (AvgIpc) is 2.26. The van der Waals surface area contributed by atoms with Gasteiger partial charge in [-0.1, -0.05) is 27.2 Å². The van der Waals surface area contributed by atoms with Crippen LogP contribution in [-0.4, -0.2) is 36.7 Å². The summed E-state index contributed by atoms with van der Waals surface area (Å²) in [4.78, 5) is 13.6. The second-order valence-corrected chi connectivity index (χ2v) is 4.11. The molecule has 1 unspecified atom stereocenters. The van der Waals surface area contributed by atoms with Crippen molar-refractivity contribution >= 4 is 5.97 Å². The van der Waals surface area contributed by atoms with E-state index in [1.807, 2.05) is 6.92 Å². The molecule has 0 aromatic rings. The first-order valence-electron chi connectivity index (χ1n) is 6.30. The predicted octanol–water partition coefficient (Wildman–Crippen LogP) is 1.74. The first kappa shape index (κ1) is 15.4. The predicted molar refractivity (Wildman–Crippen MR) is 66.0 cm³/mol. The third-order valence-corrected chi connectivity index (χ3v) is 2.37. The van der Waals surface area contributed by atoms with Crippen LogP contribution in [0.3, 0.4) is 0 Å². The van der Waals surface area contributed by atoms with Crippen LogP contribution < -0.4 is 5.73 Å². The van der Waals surface area contributed by atoms with E-state index in [9.17, 15) is 4.79 Å². The number of esters is 1. The molecule has 0 aromatic carbocycles. The van der Waals surface area contributed by atoms with Gasteiger partial charge in [0.1, 0.15) is 12.8 Å². The van der Waals surface area contributed by atoms with Crippen LogP contribution in [0.4, 0.5) is 0 Å². The molecule has 16 heavy (non-hydrogen) atoms. The standard InChI is InChI=1S/C12H26N2O2/c1-4-7-11(13)12(15)16-10-14(8-5-2)9-6-3/h11H,4-10,13H2,1-3H3. The molecule has 0 fully saturated rings. The van der Waals surface area contributed by atoms with Crippen molar-refractivity contribution in [3.05, 3.63) is 0 Å². The van der Waals surface area contributed by atoms with Gasteiger partial charge in [0.15, 0.2) is 0 Å². The third-order valence-electron chi connectivity index (χ3n) is 2.37. The molecule has 0 bridgehead atoms. The van der Waals surface area contributed by atoms with Crippen molar-refractivity contribution < 1.29 is 9.53 Å². The molecule has 96 valence electrons. The SMILES string of the molecule is CCCC(N)C(=O)OCN(CCC)CCC.